The Kier molecular flexibility index (Phi) is 4.30. The SMILES string of the molecule is CC1(C)C=CC(CCC(N)(CO)CO)=CC1. The van der Waals surface area contributed by atoms with Crippen LogP contribution in [0.25, 0.3) is 0 Å². The van der Waals surface area contributed by atoms with Crippen molar-refractivity contribution in [3.63, 3.8) is 0 Å². The Labute approximate surface area is 97.7 Å². The highest BCUT2D eigenvalue weighted by Gasteiger charge is 2.23. The van der Waals surface area contributed by atoms with Gasteiger partial charge in [-0.05, 0) is 24.7 Å². The summed E-state index contributed by atoms with van der Waals surface area (Å²) in [7, 11) is 0. The van der Waals surface area contributed by atoms with E-state index in [1.165, 1.54) is 5.57 Å². The zero-order valence-corrected chi connectivity index (χ0v) is 10.2. The molecule has 0 bridgehead atoms. The van der Waals surface area contributed by atoms with Gasteiger partial charge in [0.05, 0.1) is 18.8 Å². The lowest BCUT2D eigenvalue weighted by Gasteiger charge is -2.26. The summed E-state index contributed by atoms with van der Waals surface area (Å²) in [5, 5.41) is 18.2. The molecule has 0 aromatic rings. The molecular weight excluding hydrogens is 202 g/mol. The average molecular weight is 225 g/mol. The largest absolute Gasteiger partial charge is 0.394 e. The first-order valence-electron chi connectivity index (χ1n) is 5.80. The maximum absolute atomic E-state index is 9.08. The molecule has 1 aliphatic rings. The molecule has 0 unspecified atom stereocenters. The lowest BCUT2D eigenvalue weighted by Crippen LogP contribution is -2.47. The van der Waals surface area contributed by atoms with Gasteiger partial charge in [-0.1, -0.05) is 37.6 Å². The van der Waals surface area contributed by atoms with Gasteiger partial charge in [-0.3, -0.25) is 0 Å². The molecule has 0 fully saturated rings. The molecule has 16 heavy (non-hydrogen) atoms. The average Bonchev–Trinajstić information content (AvgIpc) is 2.27. The maximum atomic E-state index is 9.08. The van der Waals surface area contributed by atoms with E-state index in [4.69, 9.17) is 15.9 Å². The number of nitrogens with two attached hydrogens (primary N) is 1. The molecule has 0 saturated carbocycles. The van der Waals surface area contributed by atoms with Crippen molar-refractivity contribution in [2.24, 2.45) is 11.1 Å². The molecule has 0 aromatic heterocycles. The minimum absolute atomic E-state index is 0.175. The number of aliphatic hydroxyl groups excluding tert-OH is 2. The van der Waals surface area contributed by atoms with Gasteiger partial charge in [-0.25, -0.2) is 0 Å². The summed E-state index contributed by atoms with van der Waals surface area (Å²) in [6.07, 6.45) is 9.00. The minimum atomic E-state index is -0.846. The number of allylic oxidation sites excluding steroid dienone is 4. The van der Waals surface area contributed by atoms with Crippen LogP contribution >= 0.6 is 0 Å². The van der Waals surface area contributed by atoms with Crippen molar-refractivity contribution >= 4 is 0 Å². The van der Waals surface area contributed by atoms with E-state index in [0.29, 0.717) is 6.42 Å². The second-order valence-electron chi connectivity index (χ2n) is 5.48. The number of rotatable bonds is 5. The summed E-state index contributed by atoms with van der Waals surface area (Å²) >= 11 is 0. The van der Waals surface area contributed by atoms with E-state index in [0.717, 1.165) is 12.8 Å². The molecule has 92 valence electrons. The zero-order chi connectivity index (χ0) is 12.2. The molecule has 0 aromatic carbocycles. The van der Waals surface area contributed by atoms with E-state index in [-0.39, 0.29) is 18.6 Å². The van der Waals surface area contributed by atoms with Crippen LogP contribution in [0.3, 0.4) is 0 Å². The van der Waals surface area contributed by atoms with Gasteiger partial charge in [0.2, 0.25) is 0 Å². The van der Waals surface area contributed by atoms with Gasteiger partial charge >= 0.3 is 0 Å². The summed E-state index contributed by atoms with van der Waals surface area (Å²) < 4.78 is 0. The van der Waals surface area contributed by atoms with Crippen LogP contribution in [0, 0.1) is 5.41 Å². The van der Waals surface area contributed by atoms with Crippen LogP contribution in [0.5, 0.6) is 0 Å². The minimum Gasteiger partial charge on any atom is -0.394 e. The van der Waals surface area contributed by atoms with Crippen LogP contribution in [0.4, 0.5) is 0 Å². The van der Waals surface area contributed by atoms with Crippen molar-refractivity contribution in [2.45, 2.75) is 38.6 Å². The fraction of sp³-hybridized carbons (Fsp3) is 0.692. The Morgan fingerprint density at radius 2 is 2.00 bits per heavy atom. The molecular formula is C13H23NO2. The second kappa shape index (κ2) is 5.13. The van der Waals surface area contributed by atoms with Gasteiger partial charge in [0.1, 0.15) is 0 Å². The van der Waals surface area contributed by atoms with E-state index in [2.05, 4.69) is 32.1 Å². The standard InChI is InChI=1S/C13H23NO2/c1-12(2)6-3-11(4-7-12)5-8-13(14,9-15)10-16/h3-4,6,15-16H,5,7-10,14H2,1-2H3. The monoisotopic (exact) mass is 225 g/mol. The van der Waals surface area contributed by atoms with Gasteiger partial charge in [-0.15, -0.1) is 0 Å². The fourth-order valence-electron chi connectivity index (χ4n) is 1.65. The number of hydrogen-bond acceptors (Lipinski definition) is 3. The van der Waals surface area contributed by atoms with E-state index in [1.807, 2.05) is 0 Å². The van der Waals surface area contributed by atoms with Gasteiger partial charge < -0.3 is 15.9 Å². The van der Waals surface area contributed by atoms with Crippen LogP contribution in [0.1, 0.15) is 33.1 Å². The summed E-state index contributed by atoms with van der Waals surface area (Å²) in [6, 6.07) is 0. The van der Waals surface area contributed by atoms with Crippen molar-refractivity contribution < 1.29 is 10.2 Å². The molecule has 0 spiro atoms. The first kappa shape index (κ1) is 13.4. The number of aliphatic hydroxyl groups is 2. The van der Waals surface area contributed by atoms with Crippen LogP contribution < -0.4 is 5.73 Å². The van der Waals surface area contributed by atoms with E-state index in [1.54, 1.807) is 0 Å². The predicted octanol–water partition coefficient (Wildman–Crippen LogP) is 1.36. The van der Waals surface area contributed by atoms with Crippen molar-refractivity contribution in [3.05, 3.63) is 23.8 Å². The Balaban J connectivity index is 2.47. The van der Waals surface area contributed by atoms with E-state index in [9.17, 15) is 0 Å². The van der Waals surface area contributed by atoms with E-state index >= 15 is 0 Å². The Bertz CT molecular complexity index is 288. The third-order valence-electron chi connectivity index (χ3n) is 3.18. The predicted molar refractivity (Wildman–Crippen MR) is 65.9 cm³/mol. The molecule has 0 atom stereocenters. The maximum Gasteiger partial charge on any atom is 0.0633 e. The highest BCUT2D eigenvalue weighted by molar-refractivity contribution is 5.26. The molecule has 1 aliphatic carbocycles. The summed E-state index contributed by atoms with van der Waals surface area (Å²) in [5.74, 6) is 0. The first-order valence-corrected chi connectivity index (χ1v) is 5.80. The second-order valence-corrected chi connectivity index (χ2v) is 5.48. The van der Waals surface area contributed by atoms with Crippen LogP contribution in [-0.2, 0) is 0 Å². The molecule has 3 heteroatoms. The third kappa shape index (κ3) is 3.74. The lowest BCUT2D eigenvalue weighted by molar-refractivity contribution is 0.115. The molecule has 0 saturated heterocycles. The van der Waals surface area contributed by atoms with Crippen LogP contribution in [-0.4, -0.2) is 29.0 Å². The van der Waals surface area contributed by atoms with Crippen molar-refractivity contribution in [3.8, 4) is 0 Å². The highest BCUT2D eigenvalue weighted by atomic mass is 16.3. The summed E-state index contributed by atoms with van der Waals surface area (Å²) in [5.41, 5.74) is 6.46. The Morgan fingerprint density at radius 1 is 1.38 bits per heavy atom. The molecule has 0 heterocycles. The zero-order valence-electron chi connectivity index (χ0n) is 10.2. The smallest absolute Gasteiger partial charge is 0.0633 e. The fourth-order valence-corrected chi connectivity index (χ4v) is 1.65. The summed E-state index contributed by atoms with van der Waals surface area (Å²) in [4.78, 5) is 0. The van der Waals surface area contributed by atoms with Gasteiger partial charge in [0, 0.05) is 0 Å². The Morgan fingerprint density at radius 3 is 2.44 bits per heavy atom. The molecule has 0 amide bonds. The highest BCUT2D eigenvalue weighted by Crippen LogP contribution is 2.30. The molecule has 4 N–H and O–H groups in total. The molecule has 0 aliphatic heterocycles. The van der Waals surface area contributed by atoms with Crippen molar-refractivity contribution in [1.29, 1.82) is 0 Å². The third-order valence-corrected chi connectivity index (χ3v) is 3.18. The van der Waals surface area contributed by atoms with Gasteiger partial charge in [0.25, 0.3) is 0 Å². The lowest BCUT2D eigenvalue weighted by atomic mass is 9.82. The van der Waals surface area contributed by atoms with Gasteiger partial charge in [0.15, 0.2) is 0 Å². The van der Waals surface area contributed by atoms with Crippen LogP contribution in [0.2, 0.25) is 0 Å². The first-order chi connectivity index (χ1) is 7.41. The molecule has 1 rings (SSSR count). The van der Waals surface area contributed by atoms with Gasteiger partial charge in [-0.2, -0.15) is 0 Å². The summed E-state index contributed by atoms with van der Waals surface area (Å²) in [6.45, 7) is 4.05. The van der Waals surface area contributed by atoms with Crippen molar-refractivity contribution in [1.82, 2.24) is 0 Å². The molecule has 3 nitrogen and oxygen atoms in total. The molecule has 0 radical (unpaired) electrons. The van der Waals surface area contributed by atoms with Crippen LogP contribution in [0.15, 0.2) is 23.8 Å². The topological polar surface area (TPSA) is 66.5 Å². The quantitative estimate of drug-likeness (QED) is 0.662. The Hall–Kier alpha value is -0.640. The van der Waals surface area contributed by atoms with E-state index < -0.39 is 5.54 Å². The normalized spacial score (nSPS) is 19.7. The number of hydrogen-bond donors (Lipinski definition) is 3. The van der Waals surface area contributed by atoms with Crippen molar-refractivity contribution in [2.75, 3.05) is 13.2 Å².